The maximum atomic E-state index is 12.3. The second kappa shape index (κ2) is 5.22. The molecule has 0 amide bonds. The molecule has 0 saturated carbocycles. The zero-order valence-corrected chi connectivity index (χ0v) is 12.6. The summed E-state index contributed by atoms with van der Waals surface area (Å²) in [5, 5.41) is 0. The molecule has 0 aliphatic rings. The molecule has 0 heterocycles. The fraction of sp³-hybridized carbons (Fsp3) is 0.0769. The molecule has 3 N–H and O–H groups in total. The summed E-state index contributed by atoms with van der Waals surface area (Å²) in [5.41, 5.74) is 7.61. The molecule has 2 rings (SSSR count). The van der Waals surface area contributed by atoms with Gasteiger partial charge in [0.1, 0.15) is 4.90 Å². The van der Waals surface area contributed by atoms with Gasteiger partial charge in [-0.1, -0.05) is 12.1 Å². The minimum absolute atomic E-state index is 0.156. The second-order valence-corrected chi connectivity index (χ2v) is 6.67. The molecule has 100 valence electrons. The summed E-state index contributed by atoms with van der Waals surface area (Å²) in [6.45, 7) is 1.90. The number of aryl methyl sites for hydroxylation is 1. The molecule has 0 unspecified atom stereocenters. The minimum atomic E-state index is -3.63. The molecule has 2 aromatic rings. The van der Waals surface area contributed by atoms with Gasteiger partial charge in [0.2, 0.25) is 0 Å². The molecule has 0 aliphatic heterocycles. The lowest BCUT2D eigenvalue weighted by Crippen LogP contribution is -2.13. The SMILES string of the molecule is Cc1cccc(NS(=O)(=O)c2ccc(N)cc2Br)c1. The Kier molecular flexibility index (Phi) is 3.82. The first-order valence-electron chi connectivity index (χ1n) is 5.53. The van der Waals surface area contributed by atoms with Gasteiger partial charge in [-0.15, -0.1) is 0 Å². The van der Waals surface area contributed by atoms with Crippen molar-refractivity contribution in [2.45, 2.75) is 11.8 Å². The van der Waals surface area contributed by atoms with Gasteiger partial charge in [0, 0.05) is 15.8 Å². The first kappa shape index (κ1) is 13.9. The monoisotopic (exact) mass is 340 g/mol. The van der Waals surface area contributed by atoms with Gasteiger partial charge in [0.05, 0.1) is 0 Å². The highest BCUT2D eigenvalue weighted by Gasteiger charge is 2.17. The predicted octanol–water partition coefficient (Wildman–Crippen LogP) is 3.14. The molecule has 0 spiro atoms. The first-order valence-corrected chi connectivity index (χ1v) is 7.80. The van der Waals surface area contributed by atoms with E-state index < -0.39 is 10.0 Å². The number of sulfonamides is 1. The van der Waals surface area contributed by atoms with Crippen molar-refractivity contribution in [3.63, 3.8) is 0 Å². The number of nitrogens with one attached hydrogen (secondary N) is 1. The van der Waals surface area contributed by atoms with E-state index in [2.05, 4.69) is 20.7 Å². The summed E-state index contributed by atoms with van der Waals surface area (Å²) in [7, 11) is -3.63. The van der Waals surface area contributed by atoms with Crippen LogP contribution in [0.15, 0.2) is 51.8 Å². The van der Waals surface area contributed by atoms with Gasteiger partial charge in [-0.2, -0.15) is 0 Å². The van der Waals surface area contributed by atoms with Gasteiger partial charge < -0.3 is 5.73 Å². The molecular formula is C13H13BrN2O2S. The lowest BCUT2D eigenvalue weighted by atomic mass is 10.2. The summed E-state index contributed by atoms with van der Waals surface area (Å²) in [6, 6.07) is 11.7. The van der Waals surface area contributed by atoms with Crippen LogP contribution in [0.5, 0.6) is 0 Å². The number of nitrogens with two attached hydrogens (primary N) is 1. The third-order valence-electron chi connectivity index (χ3n) is 2.52. The number of hydrogen-bond acceptors (Lipinski definition) is 3. The summed E-state index contributed by atoms with van der Waals surface area (Å²) >= 11 is 3.21. The number of benzene rings is 2. The molecule has 0 aliphatic carbocycles. The molecule has 19 heavy (non-hydrogen) atoms. The van der Waals surface area contributed by atoms with E-state index in [9.17, 15) is 8.42 Å². The van der Waals surface area contributed by atoms with Crippen LogP contribution in [-0.2, 0) is 10.0 Å². The molecule has 0 fully saturated rings. The van der Waals surface area contributed by atoms with Crippen molar-refractivity contribution in [1.29, 1.82) is 0 Å². The van der Waals surface area contributed by atoms with Gasteiger partial charge in [0.25, 0.3) is 10.0 Å². The number of halogens is 1. The van der Waals surface area contributed by atoms with Crippen molar-refractivity contribution in [3.05, 3.63) is 52.5 Å². The van der Waals surface area contributed by atoms with Gasteiger partial charge in [-0.25, -0.2) is 8.42 Å². The molecule has 2 aromatic carbocycles. The van der Waals surface area contributed by atoms with Crippen LogP contribution >= 0.6 is 15.9 Å². The lowest BCUT2D eigenvalue weighted by molar-refractivity contribution is 0.601. The normalized spacial score (nSPS) is 11.3. The quantitative estimate of drug-likeness (QED) is 0.843. The van der Waals surface area contributed by atoms with Crippen LogP contribution < -0.4 is 10.5 Å². The van der Waals surface area contributed by atoms with Gasteiger partial charge >= 0.3 is 0 Å². The van der Waals surface area contributed by atoms with Crippen molar-refractivity contribution in [2.75, 3.05) is 10.5 Å². The van der Waals surface area contributed by atoms with E-state index in [4.69, 9.17) is 5.73 Å². The van der Waals surface area contributed by atoms with Crippen LogP contribution in [0.1, 0.15) is 5.56 Å². The zero-order valence-electron chi connectivity index (χ0n) is 10.2. The number of rotatable bonds is 3. The van der Waals surface area contributed by atoms with Gasteiger partial charge in [-0.3, -0.25) is 4.72 Å². The van der Waals surface area contributed by atoms with Crippen LogP contribution in [0.3, 0.4) is 0 Å². The molecule has 0 saturated heterocycles. The minimum Gasteiger partial charge on any atom is -0.399 e. The smallest absolute Gasteiger partial charge is 0.263 e. The summed E-state index contributed by atoms with van der Waals surface area (Å²) in [4.78, 5) is 0.156. The van der Waals surface area contributed by atoms with Crippen molar-refractivity contribution >= 4 is 37.3 Å². The molecular weight excluding hydrogens is 328 g/mol. The second-order valence-electron chi connectivity index (χ2n) is 4.16. The Morgan fingerprint density at radius 2 is 1.89 bits per heavy atom. The number of nitrogen functional groups attached to an aromatic ring is 1. The van der Waals surface area contributed by atoms with Crippen LogP contribution in [0.25, 0.3) is 0 Å². The number of anilines is 2. The van der Waals surface area contributed by atoms with Gasteiger partial charge in [-0.05, 0) is 58.7 Å². The molecule has 0 aromatic heterocycles. The average Bonchev–Trinajstić information content (AvgIpc) is 2.27. The van der Waals surface area contributed by atoms with Crippen molar-refractivity contribution in [1.82, 2.24) is 0 Å². The highest BCUT2D eigenvalue weighted by atomic mass is 79.9. The zero-order chi connectivity index (χ0) is 14.0. The van der Waals surface area contributed by atoms with Crippen molar-refractivity contribution in [3.8, 4) is 0 Å². The fourth-order valence-corrected chi connectivity index (χ4v) is 3.80. The molecule has 0 radical (unpaired) electrons. The Morgan fingerprint density at radius 1 is 1.16 bits per heavy atom. The Labute approximate surface area is 120 Å². The van der Waals surface area contributed by atoms with Crippen molar-refractivity contribution < 1.29 is 8.42 Å². The predicted molar refractivity (Wildman–Crippen MR) is 80.5 cm³/mol. The fourth-order valence-electron chi connectivity index (χ4n) is 1.65. The largest absolute Gasteiger partial charge is 0.399 e. The molecule has 6 heteroatoms. The molecule has 4 nitrogen and oxygen atoms in total. The van der Waals surface area contributed by atoms with Crippen molar-refractivity contribution in [2.24, 2.45) is 0 Å². The van der Waals surface area contributed by atoms with E-state index in [-0.39, 0.29) is 4.90 Å². The van der Waals surface area contributed by atoms with E-state index in [1.54, 1.807) is 30.3 Å². The van der Waals surface area contributed by atoms with E-state index in [0.29, 0.717) is 15.8 Å². The van der Waals surface area contributed by atoms with Crippen LogP contribution in [0, 0.1) is 6.92 Å². The molecule has 0 bridgehead atoms. The Hall–Kier alpha value is -1.53. The maximum Gasteiger partial charge on any atom is 0.263 e. The average molecular weight is 341 g/mol. The molecule has 0 atom stereocenters. The summed E-state index contributed by atoms with van der Waals surface area (Å²) in [5.74, 6) is 0. The van der Waals surface area contributed by atoms with Crippen LogP contribution in [-0.4, -0.2) is 8.42 Å². The van der Waals surface area contributed by atoms with E-state index in [1.165, 1.54) is 6.07 Å². The first-order chi connectivity index (χ1) is 8.88. The Morgan fingerprint density at radius 3 is 2.53 bits per heavy atom. The highest BCUT2D eigenvalue weighted by molar-refractivity contribution is 9.10. The summed E-state index contributed by atoms with van der Waals surface area (Å²) < 4.78 is 27.5. The van der Waals surface area contributed by atoms with E-state index in [1.807, 2.05) is 13.0 Å². The number of hydrogen-bond donors (Lipinski definition) is 2. The van der Waals surface area contributed by atoms with Gasteiger partial charge in [0.15, 0.2) is 0 Å². The van der Waals surface area contributed by atoms with E-state index in [0.717, 1.165) is 5.56 Å². The Bertz CT molecular complexity index is 714. The third kappa shape index (κ3) is 3.27. The highest BCUT2D eigenvalue weighted by Crippen LogP contribution is 2.26. The maximum absolute atomic E-state index is 12.3. The van der Waals surface area contributed by atoms with Crippen LogP contribution in [0.2, 0.25) is 0 Å². The van der Waals surface area contributed by atoms with Crippen LogP contribution in [0.4, 0.5) is 11.4 Å². The lowest BCUT2D eigenvalue weighted by Gasteiger charge is -2.10. The topological polar surface area (TPSA) is 72.2 Å². The standard InChI is InChI=1S/C13H13BrN2O2S/c1-9-3-2-4-11(7-9)16-19(17,18)13-6-5-10(15)8-12(13)14/h2-8,16H,15H2,1H3. The Balaban J connectivity index is 2.38. The summed E-state index contributed by atoms with van der Waals surface area (Å²) in [6.07, 6.45) is 0. The van der Waals surface area contributed by atoms with E-state index >= 15 is 0 Å². The third-order valence-corrected chi connectivity index (χ3v) is 4.87.